The number of ketones is 1. The van der Waals surface area contributed by atoms with E-state index >= 15 is 0 Å². The SMILES string of the molecule is CCCCn1cc(C(=O)c2ccc(OCCCN3CC[C@H](N)C3)cc2)c2cc(Oc3ccc(F)cc3)ccc21. The van der Waals surface area contributed by atoms with Crippen LogP contribution in [0.4, 0.5) is 4.39 Å². The number of unbranched alkanes of at least 4 members (excludes halogenated alkanes) is 1. The third-order valence-electron chi connectivity index (χ3n) is 7.21. The predicted octanol–water partition coefficient (Wildman–Crippen LogP) is 6.41. The first-order chi connectivity index (χ1) is 19.0. The molecule has 0 amide bonds. The van der Waals surface area contributed by atoms with Crippen molar-refractivity contribution >= 4 is 16.7 Å². The zero-order valence-electron chi connectivity index (χ0n) is 22.4. The first-order valence-electron chi connectivity index (χ1n) is 13.8. The van der Waals surface area contributed by atoms with Gasteiger partial charge in [-0.3, -0.25) is 4.79 Å². The van der Waals surface area contributed by atoms with Gasteiger partial charge in [0, 0.05) is 53.9 Å². The number of aromatic nitrogens is 1. The van der Waals surface area contributed by atoms with Crippen molar-refractivity contribution in [3.05, 3.63) is 89.9 Å². The summed E-state index contributed by atoms with van der Waals surface area (Å²) in [4.78, 5) is 16.0. The Hall–Kier alpha value is -3.68. The van der Waals surface area contributed by atoms with Crippen molar-refractivity contribution in [2.75, 3.05) is 26.2 Å². The Bertz CT molecular complexity index is 1400. The second-order valence-corrected chi connectivity index (χ2v) is 10.2. The van der Waals surface area contributed by atoms with Crippen molar-refractivity contribution in [3.8, 4) is 17.2 Å². The molecule has 0 aliphatic carbocycles. The Labute approximate surface area is 229 Å². The molecule has 0 saturated carbocycles. The topological polar surface area (TPSA) is 69.7 Å². The van der Waals surface area contributed by atoms with E-state index in [0.29, 0.717) is 35.3 Å². The molecule has 39 heavy (non-hydrogen) atoms. The van der Waals surface area contributed by atoms with Crippen molar-refractivity contribution in [1.82, 2.24) is 9.47 Å². The zero-order chi connectivity index (χ0) is 27.2. The molecule has 1 aliphatic heterocycles. The molecule has 3 aromatic carbocycles. The minimum atomic E-state index is -0.317. The molecule has 2 N–H and O–H groups in total. The number of hydrogen-bond acceptors (Lipinski definition) is 5. The fourth-order valence-corrected chi connectivity index (χ4v) is 5.07. The van der Waals surface area contributed by atoms with E-state index in [1.165, 1.54) is 12.1 Å². The Morgan fingerprint density at radius 1 is 0.974 bits per heavy atom. The van der Waals surface area contributed by atoms with Crippen LogP contribution in [0, 0.1) is 5.82 Å². The molecule has 0 bridgehead atoms. The molecule has 1 fully saturated rings. The molecule has 4 aromatic rings. The van der Waals surface area contributed by atoms with Crippen LogP contribution < -0.4 is 15.2 Å². The number of fused-ring (bicyclic) bond motifs is 1. The van der Waals surface area contributed by atoms with E-state index in [9.17, 15) is 9.18 Å². The maximum atomic E-state index is 13.6. The zero-order valence-corrected chi connectivity index (χ0v) is 22.4. The summed E-state index contributed by atoms with van der Waals surface area (Å²) in [5.41, 5.74) is 8.19. The molecule has 2 heterocycles. The Morgan fingerprint density at radius 3 is 2.44 bits per heavy atom. The van der Waals surface area contributed by atoms with Gasteiger partial charge in [-0.15, -0.1) is 0 Å². The van der Waals surface area contributed by atoms with Crippen LogP contribution in [-0.4, -0.2) is 47.5 Å². The van der Waals surface area contributed by atoms with E-state index in [1.807, 2.05) is 48.7 Å². The number of aryl methyl sites for hydroxylation is 1. The van der Waals surface area contributed by atoms with Gasteiger partial charge in [-0.2, -0.15) is 0 Å². The number of halogens is 1. The lowest BCUT2D eigenvalue weighted by Crippen LogP contribution is -2.28. The van der Waals surface area contributed by atoms with Crippen molar-refractivity contribution in [2.24, 2.45) is 5.73 Å². The smallest absolute Gasteiger partial charge is 0.195 e. The van der Waals surface area contributed by atoms with Gasteiger partial charge in [-0.25, -0.2) is 4.39 Å². The van der Waals surface area contributed by atoms with Crippen LogP contribution in [0.2, 0.25) is 0 Å². The van der Waals surface area contributed by atoms with Gasteiger partial charge in [-0.1, -0.05) is 13.3 Å². The van der Waals surface area contributed by atoms with Gasteiger partial charge in [0.1, 0.15) is 23.1 Å². The lowest BCUT2D eigenvalue weighted by atomic mass is 10.0. The number of carbonyl (C=O) groups is 1. The summed E-state index contributed by atoms with van der Waals surface area (Å²) in [5, 5.41) is 0.831. The molecule has 0 radical (unpaired) electrons. The van der Waals surface area contributed by atoms with Gasteiger partial charge in [0.05, 0.1) is 6.61 Å². The fraction of sp³-hybridized carbons (Fsp3) is 0.344. The number of likely N-dealkylation sites (tertiary alicyclic amines) is 1. The molecule has 0 spiro atoms. The summed E-state index contributed by atoms with van der Waals surface area (Å²) in [6.45, 7) is 6.62. The highest BCUT2D eigenvalue weighted by molar-refractivity contribution is 6.16. The number of rotatable bonds is 12. The van der Waals surface area contributed by atoms with Gasteiger partial charge in [0.2, 0.25) is 0 Å². The number of benzene rings is 3. The van der Waals surface area contributed by atoms with Gasteiger partial charge in [-0.05, 0) is 92.5 Å². The first-order valence-corrected chi connectivity index (χ1v) is 13.8. The highest BCUT2D eigenvalue weighted by atomic mass is 19.1. The second kappa shape index (κ2) is 12.5. The average Bonchev–Trinajstić information content (AvgIpc) is 3.53. The number of ether oxygens (including phenoxy) is 2. The van der Waals surface area contributed by atoms with Crippen LogP contribution in [0.15, 0.2) is 72.9 Å². The quantitative estimate of drug-likeness (QED) is 0.170. The average molecular weight is 530 g/mol. The summed E-state index contributed by atoms with van der Waals surface area (Å²) < 4.78 is 27.3. The van der Waals surface area contributed by atoms with E-state index in [-0.39, 0.29) is 11.6 Å². The van der Waals surface area contributed by atoms with Gasteiger partial charge >= 0.3 is 0 Å². The third-order valence-corrected chi connectivity index (χ3v) is 7.21. The van der Waals surface area contributed by atoms with Crippen molar-refractivity contribution in [3.63, 3.8) is 0 Å². The fourth-order valence-electron chi connectivity index (χ4n) is 5.07. The van der Waals surface area contributed by atoms with Crippen LogP contribution in [-0.2, 0) is 6.54 Å². The summed E-state index contributed by atoms with van der Waals surface area (Å²) in [6.07, 6.45) is 6.02. The van der Waals surface area contributed by atoms with E-state index < -0.39 is 0 Å². The highest BCUT2D eigenvalue weighted by Gasteiger charge is 2.19. The Balaban J connectivity index is 1.30. The van der Waals surface area contributed by atoms with E-state index in [1.54, 1.807) is 12.1 Å². The maximum Gasteiger partial charge on any atom is 0.195 e. The van der Waals surface area contributed by atoms with Crippen molar-refractivity contribution in [2.45, 2.75) is 45.2 Å². The minimum Gasteiger partial charge on any atom is -0.494 e. The second-order valence-electron chi connectivity index (χ2n) is 10.2. The highest BCUT2D eigenvalue weighted by Crippen LogP contribution is 2.31. The number of nitrogens with zero attached hydrogens (tertiary/aromatic N) is 2. The predicted molar refractivity (Wildman–Crippen MR) is 152 cm³/mol. The van der Waals surface area contributed by atoms with E-state index in [4.69, 9.17) is 15.2 Å². The number of hydrogen-bond donors (Lipinski definition) is 1. The summed E-state index contributed by atoms with van der Waals surface area (Å²) in [6, 6.07) is 19.3. The maximum absolute atomic E-state index is 13.6. The minimum absolute atomic E-state index is 0.0499. The molecule has 1 aromatic heterocycles. The molecule has 0 unspecified atom stereocenters. The van der Waals surface area contributed by atoms with Gasteiger partial charge in [0.25, 0.3) is 0 Å². The number of nitrogens with two attached hydrogens (primary N) is 1. The summed E-state index contributed by atoms with van der Waals surface area (Å²) in [5.74, 6) is 1.52. The lowest BCUT2D eigenvalue weighted by molar-refractivity contribution is 0.104. The van der Waals surface area contributed by atoms with Crippen LogP contribution in [0.1, 0.15) is 48.5 Å². The van der Waals surface area contributed by atoms with Crippen LogP contribution in [0.3, 0.4) is 0 Å². The molecular formula is C32H36FN3O3. The molecule has 6 nitrogen and oxygen atoms in total. The Kier molecular flexibility index (Phi) is 8.59. The summed E-state index contributed by atoms with van der Waals surface area (Å²) >= 11 is 0. The normalized spacial score (nSPS) is 15.6. The summed E-state index contributed by atoms with van der Waals surface area (Å²) in [7, 11) is 0. The third kappa shape index (κ3) is 6.67. The van der Waals surface area contributed by atoms with Crippen LogP contribution >= 0.6 is 0 Å². The lowest BCUT2D eigenvalue weighted by Gasteiger charge is -2.15. The molecule has 1 atom stereocenters. The van der Waals surface area contributed by atoms with Crippen LogP contribution in [0.5, 0.6) is 17.2 Å². The monoisotopic (exact) mass is 529 g/mol. The molecule has 204 valence electrons. The van der Waals surface area contributed by atoms with Crippen molar-refractivity contribution < 1.29 is 18.7 Å². The van der Waals surface area contributed by atoms with Crippen molar-refractivity contribution in [1.29, 1.82) is 0 Å². The molecular weight excluding hydrogens is 493 g/mol. The molecule has 7 heteroatoms. The largest absolute Gasteiger partial charge is 0.494 e. The molecule has 1 saturated heterocycles. The molecule has 1 aliphatic rings. The van der Waals surface area contributed by atoms with Gasteiger partial charge in [0.15, 0.2) is 5.78 Å². The molecule has 5 rings (SSSR count). The van der Waals surface area contributed by atoms with E-state index in [0.717, 1.165) is 68.5 Å². The standard InChI is InChI=1S/C32H36FN3O3/c1-2-3-17-36-22-30(29-20-28(13-14-31(29)36)39-27-11-7-24(33)8-12-27)32(37)23-5-9-26(10-6-23)38-19-4-16-35-18-15-25(34)21-35/h5-14,20,22,25H,2-4,15-19,21,34H2,1H3/t25-/m0/s1. The van der Waals surface area contributed by atoms with Gasteiger partial charge < -0.3 is 24.7 Å². The first kappa shape index (κ1) is 26.9. The van der Waals surface area contributed by atoms with Crippen LogP contribution in [0.25, 0.3) is 10.9 Å². The Morgan fingerprint density at radius 2 is 1.72 bits per heavy atom. The van der Waals surface area contributed by atoms with E-state index in [2.05, 4.69) is 16.4 Å². The number of carbonyl (C=O) groups excluding carboxylic acids is 1.